The molecular weight excluding hydrogens is 665 g/mol. The van der Waals surface area contributed by atoms with E-state index in [0.29, 0.717) is 52.7 Å². The first-order valence-corrected chi connectivity index (χ1v) is 19.1. The van der Waals surface area contributed by atoms with Crippen molar-refractivity contribution in [1.29, 1.82) is 0 Å². The monoisotopic (exact) mass is 720 g/mol. The number of rotatable bonds is 15. The van der Waals surface area contributed by atoms with Gasteiger partial charge in [-0.2, -0.15) is 0 Å². The first kappa shape index (κ1) is 38.7. The van der Waals surface area contributed by atoms with Gasteiger partial charge in [0.1, 0.15) is 17.8 Å². The van der Waals surface area contributed by atoms with E-state index in [1.807, 2.05) is 98.5 Å². The molecule has 0 saturated carbocycles. The summed E-state index contributed by atoms with van der Waals surface area (Å²) in [4.78, 5) is 17.5. The van der Waals surface area contributed by atoms with Gasteiger partial charge in [-0.15, -0.1) is 0 Å². The second-order valence-corrected chi connectivity index (χ2v) is 15.3. The smallest absolute Gasteiger partial charge is 0.410 e. The van der Waals surface area contributed by atoms with Crippen LogP contribution in [-0.2, 0) is 50.1 Å². The molecule has 53 heavy (non-hydrogen) atoms. The molecule has 6 rings (SSSR count). The molecule has 8 nitrogen and oxygen atoms in total. The fourth-order valence-electron chi connectivity index (χ4n) is 7.30. The highest BCUT2D eigenvalue weighted by atomic mass is 16.6. The van der Waals surface area contributed by atoms with Crippen molar-refractivity contribution in [2.75, 3.05) is 32.8 Å². The van der Waals surface area contributed by atoms with Crippen molar-refractivity contribution >= 4 is 6.09 Å². The first-order chi connectivity index (χ1) is 25.8. The summed E-state index contributed by atoms with van der Waals surface area (Å²) in [5, 5.41) is 0. The van der Waals surface area contributed by atoms with Crippen LogP contribution in [-0.4, -0.2) is 78.6 Å². The zero-order chi connectivity index (χ0) is 36.9. The summed E-state index contributed by atoms with van der Waals surface area (Å²) in [6.45, 7) is 10.8. The molecule has 5 atom stereocenters. The minimum atomic E-state index is -0.542. The van der Waals surface area contributed by atoms with Crippen LogP contribution in [0.2, 0.25) is 0 Å². The fraction of sp³-hybridized carbons (Fsp3) is 0.444. The SMILES string of the molecule is CC(C)(C)OC(=O)N1CCC[C@@H](CN2C[C@H](OCc3ccccc3)[C@@H](OCc3ccccc3)[C@H](OCc3ccccc3)[C@@H]2COCc2ccccc2)C1. The van der Waals surface area contributed by atoms with Gasteiger partial charge in [-0.3, -0.25) is 4.90 Å². The van der Waals surface area contributed by atoms with Gasteiger partial charge >= 0.3 is 6.09 Å². The van der Waals surface area contributed by atoms with Crippen molar-refractivity contribution in [1.82, 2.24) is 9.80 Å². The molecular formula is C45H56N2O6. The van der Waals surface area contributed by atoms with Gasteiger partial charge in [0, 0.05) is 26.2 Å². The number of carbonyl (C=O) groups is 1. The van der Waals surface area contributed by atoms with Crippen LogP contribution < -0.4 is 0 Å². The Morgan fingerprint density at radius 1 is 0.642 bits per heavy atom. The molecule has 8 heteroatoms. The van der Waals surface area contributed by atoms with E-state index in [2.05, 4.69) is 53.4 Å². The van der Waals surface area contributed by atoms with Crippen LogP contribution in [0, 0.1) is 5.92 Å². The molecule has 282 valence electrons. The number of benzene rings is 4. The van der Waals surface area contributed by atoms with Gasteiger partial charge in [0.05, 0.1) is 45.2 Å². The highest BCUT2D eigenvalue weighted by Gasteiger charge is 2.47. The number of likely N-dealkylation sites (tertiary alicyclic amines) is 2. The molecule has 0 bridgehead atoms. The van der Waals surface area contributed by atoms with Gasteiger partial charge in [-0.1, -0.05) is 121 Å². The average Bonchev–Trinajstić information content (AvgIpc) is 3.17. The zero-order valence-corrected chi connectivity index (χ0v) is 31.6. The summed E-state index contributed by atoms with van der Waals surface area (Å²) in [5.41, 5.74) is 3.88. The van der Waals surface area contributed by atoms with Crippen molar-refractivity contribution in [3.8, 4) is 0 Å². The summed E-state index contributed by atoms with van der Waals surface area (Å²) in [6, 6.07) is 41.0. The summed E-state index contributed by atoms with van der Waals surface area (Å²) >= 11 is 0. The van der Waals surface area contributed by atoms with Gasteiger partial charge in [0.2, 0.25) is 0 Å². The molecule has 2 aliphatic rings. The highest BCUT2D eigenvalue weighted by molar-refractivity contribution is 5.68. The van der Waals surface area contributed by atoms with E-state index in [0.717, 1.165) is 41.6 Å². The first-order valence-electron chi connectivity index (χ1n) is 19.1. The number of nitrogens with zero attached hydrogens (tertiary/aromatic N) is 2. The Morgan fingerprint density at radius 3 is 1.66 bits per heavy atom. The molecule has 4 aromatic carbocycles. The van der Waals surface area contributed by atoms with Gasteiger partial charge in [0.15, 0.2) is 0 Å². The predicted molar refractivity (Wildman–Crippen MR) is 207 cm³/mol. The summed E-state index contributed by atoms with van der Waals surface area (Å²) in [7, 11) is 0. The lowest BCUT2D eigenvalue weighted by atomic mass is 9.90. The van der Waals surface area contributed by atoms with E-state index in [1.165, 1.54) is 0 Å². The van der Waals surface area contributed by atoms with Crippen molar-refractivity contribution < 1.29 is 28.5 Å². The quantitative estimate of drug-likeness (QED) is 0.122. The Hall–Kier alpha value is -4.05. The molecule has 4 aromatic rings. The number of ether oxygens (including phenoxy) is 5. The second kappa shape index (κ2) is 19.3. The van der Waals surface area contributed by atoms with E-state index in [1.54, 1.807) is 0 Å². The number of hydrogen-bond donors (Lipinski definition) is 0. The molecule has 0 N–H and O–H groups in total. The Kier molecular flexibility index (Phi) is 14.1. The fourth-order valence-corrected chi connectivity index (χ4v) is 7.30. The van der Waals surface area contributed by atoms with E-state index in [4.69, 9.17) is 23.7 Å². The van der Waals surface area contributed by atoms with Crippen molar-refractivity contribution in [2.45, 2.75) is 90.0 Å². The number of hydrogen-bond acceptors (Lipinski definition) is 7. The molecule has 2 saturated heterocycles. The van der Waals surface area contributed by atoms with Crippen LogP contribution >= 0.6 is 0 Å². The van der Waals surface area contributed by atoms with Gasteiger partial charge in [-0.25, -0.2) is 4.79 Å². The molecule has 0 unspecified atom stereocenters. The zero-order valence-electron chi connectivity index (χ0n) is 31.6. The predicted octanol–water partition coefficient (Wildman–Crippen LogP) is 8.29. The molecule has 2 aliphatic heterocycles. The average molecular weight is 721 g/mol. The van der Waals surface area contributed by atoms with Crippen molar-refractivity contribution in [3.05, 3.63) is 144 Å². The topological polar surface area (TPSA) is 69.7 Å². The second-order valence-electron chi connectivity index (χ2n) is 15.3. The van der Waals surface area contributed by atoms with E-state index in [-0.39, 0.29) is 36.4 Å². The Balaban J connectivity index is 1.30. The molecule has 1 amide bonds. The van der Waals surface area contributed by atoms with Crippen LogP contribution in [0.5, 0.6) is 0 Å². The van der Waals surface area contributed by atoms with E-state index >= 15 is 0 Å². The van der Waals surface area contributed by atoms with Gasteiger partial charge < -0.3 is 28.6 Å². The molecule has 0 spiro atoms. The third-order valence-electron chi connectivity index (χ3n) is 9.89. The minimum absolute atomic E-state index is 0.128. The van der Waals surface area contributed by atoms with Crippen LogP contribution in [0.15, 0.2) is 121 Å². The Morgan fingerprint density at radius 2 is 1.13 bits per heavy atom. The summed E-state index contributed by atoms with van der Waals surface area (Å²) in [6.07, 6.45) is 0.689. The molecule has 2 heterocycles. The standard InChI is InChI=1S/C45H56N2O6/c1-45(2,3)53-44(48)46-26-16-25-39(27-46)28-47-29-41(50-31-36-19-10-5-11-20-36)43(52-33-38-23-14-7-15-24-38)42(51-32-37-21-12-6-13-22-37)40(47)34-49-30-35-17-8-4-9-18-35/h4-15,17-24,39-43H,16,25-34H2,1-3H3/t39-,40+,41+,42-,43-/m1/s1. The third-order valence-corrected chi connectivity index (χ3v) is 9.89. The Bertz CT molecular complexity index is 1640. The lowest BCUT2D eigenvalue weighted by Gasteiger charge is -2.49. The van der Waals surface area contributed by atoms with Crippen LogP contribution in [0.3, 0.4) is 0 Å². The van der Waals surface area contributed by atoms with Crippen molar-refractivity contribution in [2.24, 2.45) is 5.92 Å². The van der Waals surface area contributed by atoms with Crippen LogP contribution in [0.1, 0.15) is 55.9 Å². The van der Waals surface area contributed by atoms with Crippen LogP contribution in [0.25, 0.3) is 0 Å². The van der Waals surface area contributed by atoms with Crippen LogP contribution in [0.4, 0.5) is 4.79 Å². The minimum Gasteiger partial charge on any atom is -0.444 e. The lowest BCUT2D eigenvalue weighted by Crippen LogP contribution is -2.65. The maximum absolute atomic E-state index is 13.2. The lowest BCUT2D eigenvalue weighted by molar-refractivity contribution is -0.212. The maximum Gasteiger partial charge on any atom is 0.410 e. The largest absolute Gasteiger partial charge is 0.444 e. The molecule has 0 aliphatic carbocycles. The maximum atomic E-state index is 13.2. The van der Waals surface area contributed by atoms with E-state index in [9.17, 15) is 4.79 Å². The Labute approximate surface area is 316 Å². The highest BCUT2D eigenvalue weighted by Crippen LogP contribution is 2.31. The van der Waals surface area contributed by atoms with Gasteiger partial charge in [0.25, 0.3) is 0 Å². The molecule has 0 radical (unpaired) electrons. The number of carbonyl (C=O) groups excluding carboxylic acids is 1. The van der Waals surface area contributed by atoms with Gasteiger partial charge in [-0.05, 0) is 61.8 Å². The number of amides is 1. The molecule has 0 aromatic heterocycles. The summed E-state index contributed by atoms with van der Waals surface area (Å²) in [5.74, 6) is 0.249. The van der Waals surface area contributed by atoms with E-state index < -0.39 is 5.60 Å². The number of piperidine rings is 2. The molecule has 2 fully saturated rings. The normalized spacial score (nSPS) is 22.4. The van der Waals surface area contributed by atoms with Crippen molar-refractivity contribution in [3.63, 3.8) is 0 Å². The third kappa shape index (κ3) is 12.0. The summed E-state index contributed by atoms with van der Waals surface area (Å²) < 4.78 is 33.1.